The SMILES string of the molecule is CCOc1ccc(C(=O)N2CCCC(Oc3ccnc(C(N)=O)c3)C2)cc1OCC. The van der Waals surface area contributed by atoms with Gasteiger partial charge in [-0.1, -0.05) is 0 Å². The molecule has 160 valence electrons. The average molecular weight is 413 g/mol. The highest BCUT2D eigenvalue weighted by Gasteiger charge is 2.26. The van der Waals surface area contributed by atoms with Crippen molar-refractivity contribution >= 4 is 11.8 Å². The molecule has 8 nitrogen and oxygen atoms in total. The number of carbonyl (C=O) groups is 2. The van der Waals surface area contributed by atoms with E-state index in [-0.39, 0.29) is 17.7 Å². The van der Waals surface area contributed by atoms with Crippen LogP contribution in [0, 0.1) is 0 Å². The van der Waals surface area contributed by atoms with Gasteiger partial charge in [0, 0.05) is 24.4 Å². The number of piperidine rings is 1. The first kappa shape index (κ1) is 21.4. The Morgan fingerprint density at radius 1 is 1.13 bits per heavy atom. The highest BCUT2D eigenvalue weighted by atomic mass is 16.5. The minimum Gasteiger partial charge on any atom is -0.490 e. The summed E-state index contributed by atoms with van der Waals surface area (Å²) in [5.74, 6) is 1.00. The lowest BCUT2D eigenvalue weighted by Crippen LogP contribution is -2.44. The lowest BCUT2D eigenvalue weighted by Gasteiger charge is -2.33. The molecular formula is C22H27N3O5. The number of aromatic nitrogens is 1. The van der Waals surface area contributed by atoms with Crippen molar-refractivity contribution in [3.05, 3.63) is 47.8 Å². The van der Waals surface area contributed by atoms with Gasteiger partial charge in [0.05, 0.1) is 19.8 Å². The van der Waals surface area contributed by atoms with E-state index in [4.69, 9.17) is 19.9 Å². The van der Waals surface area contributed by atoms with E-state index in [0.29, 0.717) is 49.1 Å². The Balaban J connectivity index is 1.70. The zero-order valence-electron chi connectivity index (χ0n) is 17.3. The quantitative estimate of drug-likeness (QED) is 0.714. The second-order valence-corrected chi connectivity index (χ2v) is 6.90. The van der Waals surface area contributed by atoms with Gasteiger partial charge in [-0.25, -0.2) is 0 Å². The first-order valence-electron chi connectivity index (χ1n) is 10.1. The van der Waals surface area contributed by atoms with Gasteiger partial charge in [-0.15, -0.1) is 0 Å². The van der Waals surface area contributed by atoms with Crippen LogP contribution in [0.2, 0.25) is 0 Å². The Hall–Kier alpha value is -3.29. The lowest BCUT2D eigenvalue weighted by atomic mass is 10.1. The number of ether oxygens (including phenoxy) is 3. The van der Waals surface area contributed by atoms with Crippen LogP contribution in [-0.4, -0.2) is 54.1 Å². The number of primary amides is 1. The molecule has 1 atom stereocenters. The van der Waals surface area contributed by atoms with Crippen LogP contribution in [0.3, 0.4) is 0 Å². The molecule has 1 aromatic carbocycles. The fourth-order valence-electron chi connectivity index (χ4n) is 3.40. The molecule has 2 heterocycles. The molecule has 0 bridgehead atoms. The molecular weight excluding hydrogens is 386 g/mol. The molecule has 1 fully saturated rings. The maximum atomic E-state index is 13.1. The van der Waals surface area contributed by atoms with Crippen LogP contribution in [0.25, 0.3) is 0 Å². The normalized spacial score (nSPS) is 16.1. The van der Waals surface area contributed by atoms with Gasteiger partial charge >= 0.3 is 0 Å². The molecule has 1 saturated heterocycles. The summed E-state index contributed by atoms with van der Waals surface area (Å²) in [5.41, 5.74) is 5.97. The van der Waals surface area contributed by atoms with Crippen molar-refractivity contribution in [2.45, 2.75) is 32.8 Å². The van der Waals surface area contributed by atoms with E-state index in [0.717, 1.165) is 12.8 Å². The molecule has 2 amide bonds. The molecule has 0 saturated carbocycles. The number of likely N-dealkylation sites (tertiary alicyclic amines) is 1. The standard InChI is InChI=1S/C22H27N3O5/c1-3-28-19-8-7-15(12-20(19)29-4-2)22(27)25-11-5-6-17(14-25)30-16-9-10-24-18(13-16)21(23)26/h7-10,12-13,17H,3-6,11,14H2,1-2H3,(H2,23,26). The summed E-state index contributed by atoms with van der Waals surface area (Å²) in [6.45, 7) is 5.89. The zero-order chi connectivity index (χ0) is 21.5. The van der Waals surface area contributed by atoms with Crippen molar-refractivity contribution in [2.24, 2.45) is 5.73 Å². The maximum absolute atomic E-state index is 13.1. The highest BCUT2D eigenvalue weighted by molar-refractivity contribution is 5.95. The van der Waals surface area contributed by atoms with Gasteiger partial charge < -0.3 is 24.8 Å². The Kier molecular flexibility index (Phi) is 7.11. The lowest BCUT2D eigenvalue weighted by molar-refractivity contribution is 0.0537. The number of hydrogen-bond donors (Lipinski definition) is 1. The summed E-state index contributed by atoms with van der Waals surface area (Å²) in [6, 6.07) is 8.44. The molecule has 3 rings (SSSR count). The number of carbonyl (C=O) groups excluding carboxylic acids is 2. The first-order chi connectivity index (χ1) is 14.5. The molecule has 2 aromatic rings. The van der Waals surface area contributed by atoms with E-state index < -0.39 is 5.91 Å². The number of rotatable bonds is 8. The number of nitrogens with zero attached hydrogens (tertiary/aromatic N) is 2. The van der Waals surface area contributed by atoms with Gasteiger partial charge in [0.25, 0.3) is 11.8 Å². The Labute approximate surface area is 175 Å². The molecule has 0 radical (unpaired) electrons. The summed E-state index contributed by atoms with van der Waals surface area (Å²) in [5, 5.41) is 0. The van der Waals surface area contributed by atoms with Crippen LogP contribution in [0.15, 0.2) is 36.5 Å². The van der Waals surface area contributed by atoms with Crippen molar-refractivity contribution < 1.29 is 23.8 Å². The molecule has 30 heavy (non-hydrogen) atoms. The Morgan fingerprint density at radius 3 is 2.63 bits per heavy atom. The fourth-order valence-corrected chi connectivity index (χ4v) is 3.40. The van der Waals surface area contributed by atoms with Gasteiger partial charge in [-0.05, 0) is 51.0 Å². The van der Waals surface area contributed by atoms with Crippen LogP contribution in [0.1, 0.15) is 47.5 Å². The topological polar surface area (TPSA) is 104 Å². The molecule has 8 heteroatoms. The summed E-state index contributed by atoms with van der Waals surface area (Å²) >= 11 is 0. The van der Waals surface area contributed by atoms with E-state index in [1.54, 1.807) is 29.2 Å². The number of amides is 2. The van der Waals surface area contributed by atoms with Crippen molar-refractivity contribution in [1.82, 2.24) is 9.88 Å². The number of benzene rings is 1. The predicted octanol–water partition coefficient (Wildman–Crippen LogP) is 2.66. The average Bonchev–Trinajstić information content (AvgIpc) is 2.75. The fraction of sp³-hybridized carbons (Fsp3) is 0.409. The minimum atomic E-state index is -0.610. The van der Waals surface area contributed by atoms with E-state index in [1.807, 2.05) is 13.8 Å². The van der Waals surface area contributed by atoms with Gasteiger partial charge in [-0.3, -0.25) is 14.6 Å². The summed E-state index contributed by atoms with van der Waals surface area (Å²) < 4.78 is 17.2. The number of pyridine rings is 1. The van der Waals surface area contributed by atoms with E-state index in [1.165, 1.54) is 12.3 Å². The Bertz CT molecular complexity index is 902. The van der Waals surface area contributed by atoms with Crippen molar-refractivity contribution in [1.29, 1.82) is 0 Å². The summed E-state index contributed by atoms with van der Waals surface area (Å²) in [6.07, 6.45) is 2.93. The molecule has 0 aliphatic carbocycles. The van der Waals surface area contributed by atoms with Gasteiger partial charge in [0.2, 0.25) is 0 Å². The number of nitrogens with two attached hydrogens (primary N) is 1. The van der Waals surface area contributed by atoms with Crippen LogP contribution in [-0.2, 0) is 0 Å². The largest absolute Gasteiger partial charge is 0.490 e. The van der Waals surface area contributed by atoms with Crippen molar-refractivity contribution in [3.8, 4) is 17.2 Å². The van der Waals surface area contributed by atoms with Crippen molar-refractivity contribution in [2.75, 3.05) is 26.3 Å². The minimum absolute atomic E-state index is 0.0835. The van der Waals surface area contributed by atoms with Crippen molar-refractivity contribution in [3.63, 3.8) is 0 Å². The monoisotopic (exact) mass is 413 g/mol. The number of hydrogen-bond acceptors (Lipinski definition) is 6. The summed E-state index contributed by atoms with van der Waals surface area (Å²) in [7, 11) is 0. The van der Waals surface area contributed by atoms with Crippen LogP contribution < -0.4 is 19.9 Å². The van der Waals surface area contributed by atoms with E-state index in [9.17, 15) is 9.59 Å². The van der Waals surface area contributed by atoms with Crippen LogP contribution >= 0.6 is 0 Å². The second-order valence-electron chi connectivity index (χ2n) is 6.90. The second kappa shape index (κ2) is 9.96. The van der Waals surface area contributed by atoms with Gasteiger partial charge in [-0.2, -0.15) is 0 Å². The highest BCUT2D eigenvalue weighted by Crippen LogP contribution is 2.29. The zero-order valence-corrected chi connectivity index (χ0v) is 17.3. The molecule has 1 aliphatic heterocycles. The van der Waals surface area contributed by atoms with E-state index >= 15 is 0 Å². The molecule has 1 aromatic heterocycles. The van der Waals surface area contributed by atoms with Gasteiger partial charge in [0.1, 0.15) is 17.5 Å². The predicted molar refractivity (Wildman–Crippen MR) is 111 cm³/mol. The third kappa shape index (κ3) is 5.20. The maximum Gasteiger partial charge on any atom is 0.267 e. The molecule has 2 N–H and O–H groups in total. The van der Waals surface area contributed by atoms with Crippen LogP contribution in [0.5, 0.6) is 17.2 Å². The molecule has 0 spiro atoms. The molecule has 1 unspecified atom stereocenters. The third-order valence-corrected chi connectivity index (χ3v) is 4.74. The third-order valence-electron chi connectivity index (χ3n) is 4.74. The molecule has 1 aliphatic rings. The van der Waals surface area contributed by atoms with Crippen LogP contribution in [0.4, 0.5) is 0 Å². The smallest absolute Gasteiger partial charge is 0.267 e. The summed E-state index contributed by atoms with van der Waals surface area (Å²) in [4.78, 5) is 30.1. The van der Waals surface area contributed by atoms with E-state index in [2.05, 4.69) is 4.98 Å². The first-order valence-corrected chi connectivity index (χ1v) is 10.1. The van der Waals surface area contributed by atoms with Gasteiger partial charge in [0.15, 0.2) is 11.5 Å². The Morgan fingerprint density at radius 2 is 1.90 bits per heavy atom.